The van der Waals surface area contributed by atoms with Gasteiger partial charge in [-0.2, -0.15) is 11.8 Å². The van der Waals surface area contributed by atoms with Crippen molar-refractivity contribution in [1.29, 1.82) is 0 Å². The first-order valence-electron chi connectivity index (χ1n) is 14.7. The molecular formula is C33H46N2O6S. The number of thioether (sulfide) groups is 1. The normalized spacial score (nSPS) is 18.7. The molecule has 9 heteroatoms. The van der Waals surface area contributed by atoms with E-state index in [9.17, 15) is 19.8 Å². The first kappa shape index (κ1) is 33.6. The van der Waals surface area contributed by atoms with Crippen LogP contribution in [0.1, 0.15) is 62.8 Å². The number of aliphatic hydroxyl groups excluding tert-OH is 3. The number of hydrogen-bond donors (Lipinski definition) is 5. The minimum atomic E-state index is -1.04. The molecule has 230 valence electrons. The summed E-state index contributed by atoms with van der Waals surface area (Å²) in [6, 6.07) is 16.0. The molecule has 5 atom stereocenters. The van der Waals surface area contributed by atoms with Gasteiger partial charge in [-0.05, 0) is 68.9 Å². The standard InChI is InChI=1S/C33H46N2O6S/c1-33(2,3)41-32(40)34-27(20-23-12-5-4-6-13-23)28(37)22-25(15-9-10-18-42-19-11-17-36)31(39)35-30-26-16-8-7-14-24(26)21-29(30)38/h4-10,12-14,16,25,27-30,36-38H,11,15,17-22H2,1-3H3,(H,34,40)(H,35,39)/t25-,27+,28+,29-,30+/m1/s1. The molecule has 0 saturated heterocycles. The van der Waals surface area contributed by atoms with Crippen LogP contribution in [-0.4, -0.2) is 69.3 Å². The zero-order valence-electron chi connectivity index (χ0n) is 24.9. The second-order valence-corrected chi connectivity index (χ2v) is 12.9. The lowest BCUT2D eigenvalue weighted by molar-refractivity contribution is -0.127. The second-order valence-electron chi connectivity index (χ2n) is 11.8. The Hall–Kier alpha value is -2.85. The van der Waals surface area contributed by atoms with Crippen molar-refractivity contribution in [3.05, 3.63) is 83.4 Å². The molecule has 0 aromatic heterocycles. The molecule has 2 amide bonds. The van der Waals surface area contributed by atoms with E-state index in [0.29, 0.717) is 19.3 Å². The number of carbonyl (C=O) groups is 2. The topological polar surface area (TPSA) is 128 Å². The van der Waals surface area contributed by atoms with E-state index < -0.39 is 41.9 Å². The molecule has 8 nitrogen and oxygen atoms in total. The van der Waals surface area contributed by atoms with E-state index in [-0.39, 0.29) is 18.9 Å². The molecule has 2 aromatic carbocycles. The average molecular weight is 599 g/mol. The van der Waals surface area contributed by atoms with Gasteiger partial charge in [-0.25, -0.2) is 4.79 Å². The SMILES string of the molecule is CC(C)(C)OC(=O)N[C@@H](Cc1ccccc1)[C@@H](O)C[C@@H](CC=CCSCCCO)C(=O)N[C@H]1c2ccccc2C[C@H]1O. The summed E-state index contributed by atoms with van der Waals surface area (Å²) in [6.45, 7) is 5.49. The number of hydrogen-bond acceptors (Lipinski definition) is 7. The minimum Gasteiger partial charge on any atom is -0.444 e. The number of benzene rings is 2. The number of aliphatic hydroxyl groups is 3. The van der Waals surface area contributed by atoms with Crippen molar-refractivity contribution in [3.8, 4) is 0 Å². The molecule has 0 fully saturated rings. The van der Waals surface area contributed by atoms with Crippen LogP contribution < -0.4 is 10.6 Å². The van der Waals surface area contributed by atoms with Crippen LogP contribution in [0.4, 0.5) is 4.79 Å². The van der Waals surface area contributed by atoms with Crippen molar-refractivity contribution in [1.82, 2.24) is 10.6 Å². The Balaban J connectivity index is 1.76. The third-order valence-corrected chi connectivity index (χ3v) is 8.12. The Bertz CT molecular complexity index is 1150. The Morgan fingerprint density at radius 3 is 2.52 bits per heavy atom. The highest BCUT2D eigenvalue weighted by Gasteiger charge is 2.35. The highest BCUT2D eigenvalue weighted by Crippen LogP contribution is 2.32. The van der Waals surface area contributed by atoms with Crippen LogP contribution in [0.15, 0.2) is 66.7 Å². The Labute approximate surface area is 253 Å². The fourth-order valence-electron chi connectivity index (χ4n) is 5.04. The number of ether oxygens (including phenoxy) is 1. The summed E-state index contributed by atoms with van der Waals surface area (Å²) in [4.78, 5) is 26.4. The van der Waals surface area contributed by atoms with Gasteiger partial charge in [0.25, 0.3) is 0 Å². The van der Waals surface area contributed by atoms with Crippen LogP contribution in [0.25, 0.3) is 0 Å². The highest BCUT2D eigenvalue weighted by atomic mass is 32.2. The largest absolute Gasteiger partial charge is 0.444 e. The molecule has 1 aliphatic rings. The molecule has 0 saturated carbocycles. The smallest absolute Gasteiger partial charge is 0.407 e. The first-order valence-corrected chi connectivity index (χ1v) is 15.8. The average Bonchev–Trinajstić information content (AvgIpc) is 3.25. The molecule has 0 unspecified atom stereocenters. The van der Waals surface area contributed by atoms with Gasteiger partial charge in [0.05, 0.1) is 24.3 Å². The lowest BCUT2D eigenvalue weighted by Crippen LogP contribution is -2.48. The summed E-state index contributed by atoms with van der Waals surface area (Å²) in [7, 11) is 0. The Kier molecular flexibility index (Phi) is 13.4. The summed E-state index contributed by atoms with van der Waals surface area (Å²) < 4.78 is 5.46. The van der Waals surface area contributed by atoms with Crippen molar-refractivity contribution in [2.75, 3.05) is 18.1 Å². The van der Waals surface area contributed by atoms with Gasteiger partial charge in [-0.1, -0.05) is 66.7 Å². The maximum absolute atomic E-state index is 13.7. The summed E-state index contributed by atoms with van der Waals surface area (Å²) in [6.07, 6.45) is 3.59. The van der Waals surface area contributed by atoms with Gasteiger partial charge in [0.2, 0.25) is 5.91 Å². The van der Waals surface area contributed by atoms with Gasteiger partial charge in [0.1, 0.15) is 5.60 Å². The second kappa shape index (κ2) is 16.7. The number of fused-ring (bicyclic) bond motifs is 1. The van der Waals surface area contributed by atoms with E-state index in [2.05, 4.69) is 10.6 Å². The third kappa shape index (κ3) is 11.1. The van der Waals surface area contributed by atoms with Gasteiger partial charge in [-0.3, -0.25) is 4.79 Å². The van der Waals surface area contributed by atoms with Crippen LogP contribution in [0.5, 0.6) is 0 Å². The molecule has 0 radical (unpaired) electrons. The zero-order chi connectivity index (χ0) is 30.5. The van der Waals surface area contributed by atoms with Crippen LogP contribution in [0, 0.1) is 5.92 Å². The number of amides is 2. The zero-order valence-corrected chi connectivity index (χ0v) is 25.7. The molecule has 2 aromatic rings. The van der Waals surface area contributed by atoms with E-state index in [4.69, 9.17) is 9.84 Å². The maximum Gasteiger partial charge on any atom is 0.407 e. The van der Waals surface area contributed by atoms with E-state index in [1.807, 2.05) is 66.7 Å². The predicted molar refractivity (Wildman–Crippen MR) is 167 cm³/mol. The quantitative estimate of drug-likeness (QED) is 0.153. The van der Waals surface area contributed by atoms with Crippen molar-refractivity contribution in [2.24, 2.45) is 5.92 Å². The van der Waals surface area contributed by atoms with Crippen LogP contribution in [0.2, 0.25) is 0 Å². The lowest BCUT2D eigenvalue weighted by atomic mass is 9.90. The van der Waals surface area contributed by atoms with Gasteiger partial charge >= 0.3 is 6.09 Å². The third-order valence-electron chi connectivity index (χ3n) is 7.11. The summed E-state index contributed by atoms with van der Waals surface area (Å²) in [5, 5.41) is 37.0. The van der Waals surface area contributed by atoms with Gasteiger partial charge in [0, 0.05) is 24.7 Å². The number of nitrogens with one attached hydrogen (secondary N) is 2. The number of alkyl carbamates (subject to hydrolysis) is 1. The number of rotatable bonds is 15. The van der Waals surface area contributed by atoms with Crippen molar-refractivity contribution in [2.45, 2.75) is 82.8 Å². The van der Waals surface area contributed by atoms with E-state index in [1.54, 1.807) is 32.5 Å². The number of allylic oxidation sites excluding steroid dienone is 1. The van der Waals surface area contributed by atoms with Crippen LogP contribution in [-0.2, 0) is 22.4 Å². The molecule has 1 aliphatic carbocycles. The Morgan fingerprint density at radius 1 is 1.10 bits per heavy atom. The highest BCUT2D eigenvalue weighted by molar-refractivity contribution is 7.99. The molecule has 42 heavy (non-hydrogen) atoms. The van der Waals surface area contributed by atoms with E-state index in [0.717, 1.165) is 34.6 Å². The summed E-state index contributed by atoms with van der Waals surface area (Å²) in [5.41, 5.74) is 2.15. The van der Waals surface area contributed by atoms with Gasteiger partial charge in [0.15, 0.2) is 0 Å². The molecule has 3 rings (SSSR count). The molecule has 0 spiro atoms. The predicted octanol–water partition coefficient (Wildman–Crippen LogP) is 4.33. The fourth-order valence-corrected chi connectivity index (χ4v) is 5.81. The molecule has 5 N–H and O–H groups in total. The fraction of sp³-hybridized carbons (Fsp3) is 0.515. The molecule has 0 bridgehead atoms. The maximum atomic E-state index is 13.7. The summed E-state index contributed by atoms with van der Waals surface area (Å²) >= 11 is 1.70. The van der Waals surface area contributed by atoms with Crippen molar-refractivity contribution >= 4 is 23.8 Å². The number of carbonyl (C=O) groups excluding carboxylic acids is 2. The Morgan fingerprint density at radius 2 is 1.81 bits per heavy atom. The lowest BCUT2D eigenvalue weighted by Gasteiger charge is -2.29. The van der Waals surface area contributed by atoms with Crippen LogP contribution in [0.3, 0.4) is 0 Å². The summed E-state index contributed by atoms with van der Waals surface area (Å²) in [5.74, 6) is 0.739. The van der Waals surface area contributed by atoms with Crippen molar-refractivity contribution in [3.63, 3.8) is 0 Å². The molecular weight excluding hydrogens is 552 g/mol. The van der Waals surface area contributed by atoms with Gasteiger partial charge in [-0.15, -0.1) is 0 Å². The van der Waals surface area contributed by atoms with Crippen molar-refractivity contribution < 1.29 is 29.6 Å². The van der Waals surface area contributed by atoms with Crippen LogP contribution >= 0.6 is 11.8 Å². The molecule has 0 aliphatic heterocycles. The minimum absolute atomic E-state index is 0.103. The first-order chi connectivity index (χ1) is 20.1. The van der Waals surface area contributed by atoms with E-state index >= 15 is 0 Å². The van der Waals surface area contributed by atoms with E-state index in [1.165, 1.54) is 0 Å². The molecule has 0 heterocycles. The monoisotopic (exact) mass is 598 g/mol. The van der Waals surface area contributed by atoms with Gasteiger partial charge < -0.3 is 30.7 Å².